The number of carbonyl (C=O) groups is 2. The van der Waals surface area contributed by atoms with Crippen LogP contribution >= 0.6 is 0 Å². The van der Waals surface area contributed by atoms with Crippen molar-refractivity contribution in [2.24, 2.45) is 5.41 Å². The van der Waals surface area contributed by atoms with Crippen LogP contribution in [0.25, 0.3) is 0 Å². The van der Waals surface area contributed by atoms with Crippen molar-refractivity contribution in [3.8, 4) is 5.75 Å². The fraction of sp³-hybridized carbons (Fsp3) is 0.259. The SMILES string of the molecule is CC(=O)Oc1ccc2c(c1)CC(C)(C)C(c1cccc(C(=O)OCc3ccccc3)c1)N2. The zero-order valence-electron chi connectivity index (χ0n) is 18.6. The van der Waals surface area contributed by atoms with Crippen LogP contribution in [0.4, 0.5) is 5.69 Å². The Bertz CT molecular complexity index is 1140. The molecule has 0 saturated carbocycles. The lowest BCUT2D eigenvalue weighted by molar-refractivity contribution is -0.131. The second-order valence-electron chi connectivity index (χ2n) is 8.84. The summed E-state index contributed by atoms with van der Waals surface area (Å²) in [5.74, 6) is -0.118. The average Bonchev–Trinajstić information content (AvgIpc) is 2.76. The van der Waals surface area contributed by atoms with E-state index in [1.807, 2.05) is 60.7 Å². The van der Waals surface area contributed by atoms with Crippen molar-refractivity contribution in [2.75, 3.05) is 5.32 Å². The van der Waals surface area contributed by atoms with Crippen LogP contribution < -0.4 is 10.1 Å². The minimum atomic E-state index is -0.337. The molecule has 0 spiro atoms. The Balaban J connectivity index is 1.53. The van der Waals surface area contributed by atoms with Gasteiger partial charge in [-0.1, -0.05) is 56.3 Å². The van der Waals surface area contributed by atoms with Crippen molar-refractivity contribution < 1.29 is 19.1 Å². The molecule has 0 fully saturated rings. The zero-order valence-corrected chi connectivity index (χ0v) is 18.6. The number of hydrogen-bond donors (Lipinski definition) is 1. The van der Waals surface area contributed by atoms with Crippen LogP contribution in [0.5, 0.6) is 5.75 Å². The molecule has 32 heavy (non-hydrogen) atoms. The van der Waals surface area contributed by atoms with Gasteiger partial charge < -0.3 is 14.8 Å². The molecular formula is C27H27NO4. The van der Waals surface area contributed by atoms with E-state index in [4.69, 9.17) is 9.47 Å². The average molecular weight is 430 g/mol. The maximum Gasteiger partial charge on any atom is 0.338 e. The number of esters is 2. The molecule has 0 aromatic heterocycles. The van der Waals surface area contributed by atoms with Crippen LogP contribution in [-0.2, 0) is 22.6 Å². The van der Waals surface area contributed by atoms with Crippen molar-refractivity contribution in [2.45, 2.75) is 39.8 Å². The first kappa shape index (κ1) is 21.6. The van der Waals surface area contributed by atoms with E-state index in [0.29, 0.717) is 11.3 Å². The summed E-state index contributed by atoms with van der Waals surface area (Å²) < 4.78 is 10.7. The summed E-state index contributed by atoms with van der Waals surface area (Å²) in [6, 6.07) is 22.9. The molecule has 5 heteroatoms. The first-order chi connectivity index (χ1) is 15.3. The van der Waals surface area contributed by atoms with Gasteiger partial charge in [-0.25, -0.2) is 4.79 Å². The Labute approximate surface area is 188 Å². The van der Waals surface area contributed by atoms with Gasteiger partial charge in [-0.3, -0.25) is 4.79 Å². The van der Waals surface area contributed by atoms with E-state index >= 15 is 0 Å². The van der Waals surface area contributed by atoms with Crippen molar-refractivity contribution in [3.63, 3.8) is 0 Å². The molecular weight excluding hydrogens is 402 g/mol. The Kier molecular flexibility index (Phi) is 5.99. The van der Waals surface area contributed by atoms with E-state index < -0.39 is 0 Å². The number of ether oxygens (including phenoxy) is 2. The molecule has 5 nitrogen and oxygen atoms in total. The Morgan fingerprint density at radius 3 is 2.53 bits per heavy atom. The summed E-state index contributed by atoms with van der Waals surface area (Å²) in [5.41, 5.74) is 4.49. The third-order valence-electron chi connectivity index (χ3n) is 5.73. The van der Waals surface area contributed by atoms with Gasteiger partial charge in [0.2, 0.25) is 0 Å². The van der Waals surface area contributed by atoms with E-state index in [9.17, 15) is 9.59 Å². The summed E-state index contributed by atoms with van der Waals surface area (Å²) in [6.07, 6.45) is 0.803. The van der Waals surface area contributed by atoms with Gasteiger partial charge in [0.05, 0.1) is 11.6 Å². The highest BCUT2D eigenvalue weighted by Gasteiger charge is 2.36. The number of benzene rings is 3. The smallest absolute Gasteiger partial charge is 0.338 e. The minimum absolute atomic E-state index is 0.0106. The van der Waals surface area contributed by atoms with Gasteiger partial charge in [0, 0.05) is 12.6 Å². The molecule has 1 aliphatic rings. The highest BCUT2D eigenvalue weighted by molar-refractivity contribution is 5.89. The monoisotopic (exact) mass is 429 g/mol. The molecule has 1 N–H and O–H groups in total. The lowest BCUT2D eigenvalue weighted by Gasteiger charge is -2.41. The standard InChI is InChI=1S/C27H27NO4/c1-18(29)32-23-12-13-24-22(15-23)16-27(2,3)25(28-24)20-10-7-11-21(14-20)26(30)31-17-19-8-5-4-6-9-19/h4-15,25,28H,16-17H2,1-3H3. The summed E-state index contributed by atoms with van der Waals surface area (Å²) in [7, 11) is 0. The predicted octanol–water partition coefficient (Wildman–Crippen LogP) is 5.70. The molecule has 1 unspecified atom stereocenters. The lowest BCUT2D eigenvalue weighted by atomic mass is 9.73. The quantitative estimate of drug-likeness (QED) is 0.416. The van der Waals surface area contributed by atoms with Gasteiger partial charge >= 0.3 is 11.9 Å². The molecule has 0 saturated heterocycles. The third kappa shape index (κ3) is 4.83. The van der Waals surface area contributed by atoms with Gasteiger partial charge in [0.15, 0.2) is 0 Å². The summed E-state index contributed by atoms with van der Waals surface area (Å²) in [5, 5.41) is 3.62. The van der Waals surface area contributed by atoms with Crippen molar-refractivity contribution in [1.82, 2.24) is 0 Å². The Hall–Kier alpha value is -3.60. The van der Waals surface area contributed by atoms with Crippen molar-refractivity contribution >= 4 is 17.6 Å². The molecule has 1 aliphatic heterocycles. The molecule has 3 aromatic rings. The van der Waals surface area contributed by atoms with Gasteiger partial charge in [-0.15, -0.1) is 0 Å². The number of anilines is 1. The molecule has 3 aromatic carbocycles. The molecule has 0 bridgehead atoms. The van der Waals surface area contributed by atoms with Crippen LogP contribution in [-0.4, -0.2) is 11.9 Å². The zero-order chi connectivity index (χ0) is 22.7. The second kappa shape index (κ2) is 8.87. The predicted molar refractivity (Wildman–Crippen MR) is 124 cm³/mol. The van der Waals surface area contributed by atoms with Crippen LogP contribution in [0.2, 0.25) is 0 Å². The highest BCUT2D eigenvalue weighted by Crippen LogP contribution is 2.45. The maximum absolute atomic E-state index is 12.7. The fourth-order valence-corrected chi connectivity index (χ4v) is 4.22. The van der Waals surface area contributed by atoms with Crippen molar-refractivity contribution in [3.05, 3.63) is 95.1 Å². The summed E-state index contributed by atoms with van der Waals surface area (Å²) in [4.78, 5) is 23.9. The van der Waals surface area contributed by atoms with Gasteiger partial charge in [0.1, 0.15) is 12.4 Å². The van der Waals surface area contributed by atoms with E-state index in [1.54, 1.807) is 12.1 Å². The van der Waals surface area contributed by atoms with Crippen molar-refractivity contribution in [1.29, 1.82) is 0 Å². The topological polar surface area (TPSA) is 64.6 Å². The number of carbonyl (C=O) groups excluding carboxylic acids is 2. The van der Waals surface area contributed by atoms with Crippen LogP contribution in [0.3, 0.4) is 0 Å². The summed E-state index contributed by atoms with van der Waals surface area (Å²) in [6.45, 7) is 6.02. The molecule has 1 heterocycles. The second-order valence-corrected chi connectivity index (χ2v) is 8.84. The van der Waals surface area contributed by atoms with Gasteiger partial charge in [-0.05, 0) is 58.9 Å². The highest BCUT2D eigenvalue weighted by atomic mass is 16.5. The molecule has 0 radical (unpaired) electrons. The number of hydrogen-bond acceptors (Lipinski definition) is 5. The number of rotatable bonds is 5. The number of nitrogens with one attached hydrogen (secondary N) is 1. The van der Waals surface area contributed by atoms with Gasteiger partial charge in [-0.2, -0.15) is 0 Å². The third-order valence-corrected chi connectivity index (χ3v) is 5.73. The Morgan fingerprint density at radius 1 is 1.00 bits per heavy atom. The van der Waals surface area contributed by atoms with E-state index in [1.165, 1.54) is 6.92 Å². The lowest BCUT2D eigenvalue weighted by Crippen LogP contribution is -2.35. The van der Waals surface area contributed by atoms with Gasteiger partial charge in [0.25, 0.3) is 0 Å². The van der Waals surface area contributed by atoms with E-state index in [2.05, 4.69) is 19.2 Å². The molecule has 1 atom stereocenters. The molecule has 0 amide bonds. The van der Waals surface area contributed by atoms with E-state index in [0.717, 1.165) is 28.8 Å². The first-order valence-corrected chi connectivity index (χ1v) is 10.7. The normalized spacial score (nSPS) is 16.4. The Morgan fingerprint density at radius 2 is 1.78 bits per heavy atom. The molecule has 164 valence electrons. The first-order valence-electron chi connectivity index (χ1n) is 10.7. The molecule has 4 rings (SSSR count). The maximum atomic E-state index is 12.7. The van der Waals surface area contributed by atoms with Crippen LogP contribution in [0, 0.1) is 5.41 Å². The van der Waals surface area contributed by atoms with Crippen LogP contribution in [0.1, 0.15) is 53.9 Å². The summed E-state index contributed by atoms with van der Waals surface area (Å²) >= 11 is 0. The minimum Gasteiger partial charge on any atom is -0.457 e. The van der Waals surface area contributed by atoms with E-state index in [-0.39, 0.29) is 30.0 Å². The van der Waals surface area contributed by atoms with Crippen LogP contribution in [0.15, 0.2) is 72.8 Å². The largest absolute Gasteiger partial charge is 0.457 e. The molecule has 0 aliphatic carbocycles. The number of fused-ring (bicyclic) bond motifs is 1. The fourth-order valence-electron chi connectivity index (χ4n) is 4.22.